The summed E-state index contributed by atoms with van der Waals surface area (Å²) in [5.74, 6) is 1.40. The number of nitrogens with one attached hydrogen (secondary N) is 1. The first kappa shape index (κ1) is 23.5. The number of rotatable bonds is 8. The molecular formula is C24H27ClN6O4. The molecule has 1 fully saturated rings. The van der Waals surface area contributed by atoms with Gasteiger partial charge in [0.05, 0.1) is 12.9 Å². The fourth-order valence-electron chi connectivity index (χ4n) is 4.56. The van der Waals surface area contributed by atoms with Crippen LogP contribution < -0.4 is 10.5 Å². The van der Waals surface area contributed by atoms with Gasteiger partial charge in [-0.05, 0) is 42.9 Å². The molecule has 1 saturated carbocycles. The molecule has 1 aliphatic rings. The summed E-state index contributed by atoms with van der Waals surface area (Å²) in [4.78, 5) is 25.4. The van der Waals surface area contributed by atoms with E-state index in [4.69, 9.17) is 30.5 Å². The lowest BCUT2D eigenvalue weighted by atomic mass is 9.83. The number of aromatic nitrogens is 6. The predicted octanol–water partition coefficient (Wildman–Crippen LogP) is 4.34. The fourth-order valence-corrected chi connectivity index (χ4v) is 4.78. The lowest BCUT2D eigenvalue weighted by Crippen LogP contribution is -2.17. The summed E-state index contributed by atoms with van der Waals surface area (Å²) < 4.78 is 18.1. The maximum Gasteiger partial charge on any atom is 0.434 e. The van der Waals surface area contributed by atoms with Crippen molar-refractivity contribution in [2.75, 3.05) is 20.3 Å². The molecule has 0 unspecified atom stereocenters. The maximum absolute atomic E-state index is 11.5. The molecule has 3 heterocycles. The second-order valence-electron chi connectivity index (χ2n) is 9.03. The highest BCUT2D eigenvalue weighted by Crippen LogP contribution is 2.35. The molecule has 0 aliphatic heterocycles. The molecule has 10 nitrogen and oxygen atoms in total. The van der Waals surface area contributed by atoms with Crippen LogP contribution in [0.3, 0.4) is 0 Å². The third-order valence-corrected chi connectivity index (χ3v) is 6.61. The van der Waals surface area contributed by atoms with E-state index in [2.05, 4.69) is 31.7 Å². The number of imidazole rings is 1. The van der Waals surface area contributed by atoms with Gasteiger partial charge in [-0.3, -0.25) is 0 Å². The van der Waals surface area contributed by atoms with Gasteiger partial charge in [-0.1, -0.05) is 31.4 Å². The summed E-state index contributed by atoms with van der Waals surface area (Å²) in [5.41, 5.74) is 2.61. The van der Waals surface area contributed by atoms with Crippen molar-refractivity contribution < 1.29 is 13.9 Å². The molecule has 1 aliphatic carbocycles. The van der Waals surface area contributed by atoms with Crippen LogP contribution in [0.25, 0.3) is 34.1 Å². The highest BCUT2D eigenvalue weighted by Gasteiger charge is 2.23. The van der Waals surface area contributed by atoms with Gasteiger partial charge in [0.2, 0.25) is 5.82 Å². The van der Waals surface area contributed by atoms with Crippen LogP contribution in [-0.2, 0) is 11.3 Å². The Morgan fingerprint density at radius 3 is 2.74 bits per heavy atom. The van der Waals surface area contributed by atoms with Crippen LogP contribution in [0.5, 0.6) is 5.75 Å². The van der Waals surface area contributed by atoms with Crippen molar-refractivity contribution in [3.8, 4) is 28.7 Å². The molecule has 0 radical (unpaired) electrons. The van der Waals surface area contributed by atoms with Crippen molar-refractivity contribution in [2.45, 2.75) is 39.2 Å². The zero-order valence-electron chi connectivity index (χ0n) is 19.7. The second kappa shape index (κ2) is 10.2. The monoisotopic (exact) mass is 498 g/mol. The highest BCUT2D eigenvalue weighted by molar-refractivity contribution is 6.31. The van der Waals surface area contributed by atoms with Crippen LogP contribution >= 0.6 is 11.6 Å². The number of aromatic amines is 1. The third-order valence-electron chi connectivity index (χ3n) is 6.39. The average molecular weight is 499 g/mol. The molecule has 11 heteroatoms. The van der Waals surface area contributed by atoms with E-state index in [9.17, 15) is 4.79 Å². The SMILES string of the molecule is COCCOc1cc(Cl)cc(-c2nc(-c3n[nH]c(=O)o3)nc3ncn(CC4CCC(C)CC4)c23)c1. The minimum Gasteiger partial charge on any atom is -0.491 e. The van der Waals surface area contributed by atoms with Gasteiger partial charge in [0.15, 0.2) is 5.65 Å². The van der Waals surface area contributed by atoms with Crippen molar-refractivity contribution in [1.82, 2.24) is 29.7 Å². The van der Waals surface area contributed by atoms with Crippen LogP contribution in [0.15, 0.2) is 33.7 Å². The van der Waals surface area contributed by atoms with Gasteiger partial charge in [-0.25, -0.2) is 24.8 Å². The average Bonchev–Trinajstić information content (AvgIpc) is 3.46. The molecular weight excluding hydrogens is 472 g/mol. The first-order valence-electron chi connectivity index (χ1n) is 11.7. The van der Waals surface area contributed by atoms with Gasteiger partial charge >= 0.3 is 5.76 Å². The Balaban J connectivity index is 1.60. The molecule has 0 saturated heterocycles. The summed E-state index contributed by atoms with van der Waals surface area (Å²) in [5, 5.41) is 6.65. The number of H-pyrrole nitrogens is 1. The third kappa shape index (κ3) is 5.23. The van der Waals surface area contributed by atoms with E-state index in [-0.39, 0.29) is 11.7 Å². The standard InChI is InChI=1S/C24H27ClN6O4/c1-14-3-5-15(6-4-14)12-31-13-26-21-20(31)19(27-22(28-21)23-29-30-24(32)35-23)16-9-17(25)11-18(10-16)34-8-7-33-2/h9-11,13-15H,3-8,12H2,1-2H3,(H,30,32). The molecule has 1 aromatic carbocycles. The number of halogens is 1. The first-order chi connectivity index (χ1) is 17.0. The van der Waals surface area contributed by atoms with Crippen molar-refractivity contribution in [3.63, 3.8) is 0 Å². The molecule has 184 valence electrons. The smallest absolute Gasteiger partial charge is 0.434 e. The predicted molar refractivity (Wildman–Crippen MR) is 130 cm³/mol. The number of hydrogen-bond acceptors (Lipinski definition) is 8. The highest BCUT2D eigenvalue weighted by atomic mass is 35.5. The van der Waals surface area contributed by atoms with Crippen molar-refractivity contribution in [2.24, 2.45) is 11.8 Å². The van der Waals surface area contributed by atoms with Crippen LogP contribution in [-0.4, -0.2) is 50.0 Å². The van der Waals surface area contributed by atoms with E-state index in [1.807, 2.05) is 12.1 Å². The number of hydrogen-bond donors (Lipinski definition) is 1. The minimum absolute atomic E-state index is 0.00688. The Labute approximate surface area is 206 Å². The summed E-state index contributed by atoms with van der Waals surface area (Å²) in [7, 11) is 1.62. The van der Waals surface area contributed by atoms with Crippen LogP contribution in [0, 0.1) is 11.8 Å². The Morgan fingerprint density at radius 2 is 2.00 bits per heavy atom. The van der Waals surface area contributed by atoms with Gasteiger partial charge in [-0.15, -0.1) is 5.10 Å². The topological polar surface area (TPSA) is 121 Å². The van der Waals surface area contributed by atoms with Gasteiger partial charge in [0.25, 0.3) is 5.89 Å². The molecule has 35 heavy (non-hydrogen) atoms. The van der Waals surface area contributed by atoms with Gasteiger partial charge < -0.3 is 18.5 Å². The molecule has 0 amide bonds. The Bertz CT molecular complexity index is 1370. The zero-order chi connectivity index (χ0) is 24.4. The number of benzene rings is 1. The molecule has 3 aromatic heterocycles. The Morgan fingerprint density at radius 1 is 1.17 bits per heavy atom. The summed E-state index contributed by atoms with van der Waals surface area (Å²) in [6.45, 7) is 3.98. The quantitative estimate of drug-likeness (QED) is 0.356. The summed E-state index contributed by atoms with van der Waals surface area (Å²) in [6, 6.07) is 5.43. The zero-order valence-corrected chi connectivity index (χ0v) is 20.4. The number of ether oxygens (including phenoxy) is 2. The Kier molecular flexibility index (Phi) is 6.83. The number of fused-ring (bicyclic) bond motifs is 1. The Hall–Kier alpha value is -3.24. The van der Waals surface area contributed by atoms with Crippen molar-refractivity contribution in [1.29, 1.82) is 0 Å². The van der Waals surface area contributed by atoms with Crippen LogP contribution in [0.1, 0.15) is 32.6 Å². The van der Waals surface area contributed by atoms with Crippen LogP contribution in [0.4, 0.5) is 0 Å². The van der Waals surface area contributed by atoms with E-state index in [1.165, 1.54) is 25.7 Å². The van der Waals surface area contributed by atoms with Crippen LogP contribution in [0.2, 0.25) is 5.02 Å². The van der Waals surface area contributed by atoms with Gasteiger partial charge in [-0.2, -0.15) is 0 Å². The summed E-state index contributed by atoms with van der Waals surface area (Å²) >= 11 is 6.45. The number of nitrogens with zero attached hydrogens (tertiary/aromatic N) is 5. The molecule has 1 N–H and O–H groups in total. The van der Waals surface area contributed by atoms with E-state index < -0.39 is 5.76 Å². The largest absolute Gasteiger partial charge is 0.491 e. The molecule has 0 atom stereocenters. The fraction of sp³-hybridized carbons (Fsp3) is 0.458. The lowest BCUT2D eigenvalue weighted by Gasteiger charge is -2.26. The van der Waals surface area contributed by atoms with Crippen molar-refractivity contribution in [3.05, 3.63) is 40.1 Å². The first-order valence-corrected chi connectivity index (χ1v) is 12.1. The summed E-state index contributed by atoms with van der Waals surface area (Å²) in [6.07, 6.45) is 6.63. The van der Waals surface area contributed by atoms with E-state index in [0.29, 0.717) is 41.2 Å². The van der Waals surface area contributed by atoms with E-state index in [0.717, 1.165) is 23.5 Å². The lowest BCUT2D eigenvalue weighted by molar-refractivity contribution is 0.146. The molecule has 5 rings (SSSR count). The molecule has 0 spiro atoms. The van der Waals surface area contributed by atoms with Crippen molar-refractivity contribution >= 4 is 22.8 Å². The maximum atomic E-state index is 11.5. The van der Waals surface area contributed by atoms with E-state index >= 15 is 0 Å². The molecule has 4 aromatic rings. The van der Waals surface area contributed by atoms with Gasteiger partial charge in [0.1, 0.15) is 23.6 Å². The van der Waals surface area contributed by atoms with E-state index in [1.54, 1.807) is 19.5 Å². The number of methoxy groups -OCH3 is 1. The van der Waals surface area contributed by atoms with Gasteiger partial charge in [0, 0.05) is 24.2 Å². The minimum atomic E-state index is -0.682. The second-order valence-corrected chi connectivity index (χ2v) is 9.46. The normalized spacial score (nSPS) is 18.3. The molecule has 0 bridgehead atoms.